The van der Waals surface area contributed by atoms with Gasteiger partial charge in [-0.25, -0.2) is 4.79 Å². The molecule has 1 saturated heterocycles. The average Bonchev–Trinajstić information content (AvgIpc) is 3.52. The predicted octanol–water partition coefficient (Wildman–Crippen LogP) is 0.217. The number of amides is 3. The van der Waals surface area contributed by atoms with Crippen LogP contribution in [0.15, 0.2) is 30.5 Å². The molecule has 5 atom stereocenters. The number of thioether (sulfide) groups is 1. The maximum absolute atomic E-state index is 13.3. The smallest absolute Gasteiger partial charge is 0.326 e. The molecule has 12 heteroatoms. The Morgan fingerprint density at radius 1 is 1.22 bits per heavy atom. The van der Waals surface area contributed by atoms with Gasteiger partial charge in [0.05, 0.1) is 6.10 Å². The van der Waals surface area contributed by atoms with Gasteiger partial charge in [-0.05, 0) is 49.8 Å². The van der Waals surface area contributed by atoms with E-state index in [1.165, 1.54) is 23.6 Å². The molecule has 3 amide bonds. The standard InChI is InChI=1S/C25H35N5O6S/c1-14(31)21(26)24(34)30-10-5-8-20(30)23(33)29-19(22(32)28-18(25(35)36)9-11-37-2)12-15-13-27-17-7-4-3-6-16(15)17/h3-4,6-7,13-14,18-21,27,31H,5,8-12,26H2,1-2H3,(H,28,32)(H,29,33)(H,35,36). The SMILES string of the molecule is CSCCC(NC(=O)C(Cc1c[nH]c2ccccc12)NC(=O)C1CCCN1C(=O)C(N)C(C)O)C(=O)O. The fraction of sp³-hybridized carbons (Fsp3) is 0.520. The fourth-order valence-electron chi connectivity index (χ4n) is 4.46. The summed E-state index contributed by atoms with van der Waals surface area (Å²) in [5.41, 5.74) is 7.47. The summed E-state index contributed by atoms with van der Waals surface area (Å²) >= 11 is 1.47. The molecule has 0 bridgehead atoms. The van der Waals surface area contributed by atoms with E-state index in [1.54, 1.807) is 6.20 Å². The minimum absolute atomic E-state index is 0.115. The summed E-state index contributed by atoms with van der Waals surface area (Å²) in [4.78, 5) is 55.6. The van der Waals surface area contributed by atoms with Gasteiger partial charge in [-0.2, -0.15) is 11.8 Å². The lowest BCUT2D eigenvalue weighted by atomic mass is 10.0. The maximum Gasteiger partial charge on any atom is 0.326 e. The van der Waals surface area contributed by atoms with E-state index in [0.29, 0.717) is 25.1 Å². The van der Waals surface area contributed by atoms with Crippen molar-refractivity contribution < 1.29 is 29.4 Å². The number of H-pyrrole nitrogens is 1. The van der Waals surface area contributed by atoms with Gasteiger partial charge in [0.1, 0.15) is 24.2 Å². The highest BCUT2D eigenvalue weighted by Crippen LogP contribution is 2.21. The molecule has 1 aromatic carbocycles. The van der Waals surface area contributed by atoms with Gasteiger partial charge in [0.2, 0.25) is 17.7 Å². The number of likely N-dealkylation sites (tertiary alicyclic amines) is 1. The molecule has 1 aromatic heterocycles. The van der Waals surface area contributed by atoms with Gasteiger partial charge in [0.15, 0.2) is 0 Å². The molecule has 1 aliphatic heterocycles. The highest BCUT2D eigenvalue weighted by Gasteiger charge is 2.39. The first-order valence-electron chi connectivity index (χ1n) is 12.3. The number of aromatic nitrogens is 1. The van der Waals surface area contributed by atoms with Crippen LogP contribution in [0.2, 0.25) is 0 Å². The van der Waals surface area contributed by atoms with Gasteiger partial charge in [0, 0.05) is 30.1 Å². The molecule has 0 spiro atoms. The summed E-state index contributed by atoms with van der Waals surface area (Å²) in [6, 6.07) is 3.34. The number of benzene rings is 1. The molecule has 1 fully saturated rings. The number of nitrogens with two attached hydrogens (primary N) is 1. The number of rotatable bonds is 12. The Labute approximate surface area is 219 Å². The van der Waals surface area contributed by atoms with E-state index in [0.717, 1.165) is 16.5 Å². The van der Waals surface area contributed by atoms with Crippen LogP contribution in [0.4, 0.5) is 0 Å². The maximum atomic E-state index is 13.3. The van der Waals surface area contributed by atoms with E-state index >= 15 is 0 Å². The predicted molar refractivity (Wildman–Crippen MR) is 141 cm³/mol. The summed E-state index contributed by atoms with van der Waals surface area (Å²) in [7, 11) is 0. The molecule has 0 saturated carbocycles. The fourth-order valence-corrected chi connectivity index (χ4v) is 4.94. The Balaban J connectivity index is 1.82. The van der Waals surface area contributed by atoms with Gasteiger partial charge in [0.25, 0.3) is 0 Å². The summed E-state index contributed by atoms with van der Waals surface area (Å²) in [6.07, 6.45) is 3.84. The summed E-state index contributed by atoms with van der Waals surface area (Å²) in [6.45, 7) is 1.72. The number of carbonyl (C=O) groups is 4. The number of hydrogen-bond donors (Lipinski definition) is 6. The summed E-state index contributed by atoms with van der Waals surface area (Å²) in [5.74, 6) is -2.30. The molecule has 1 aliphatic rings. The molecule has 2 heterocycles. The van der Waals surface area contributed by atoms with Crippen LogP contribution in [0.5, 0.6) is 0 Å². The highest BCUT2D eigenvalue weighted by molar-refractivity contribution is 7.98. The van der Waals surface area contributed by atoms with E-state index in [2.05, 4.69) is 15.6 Å². The van der Waals surface area contributed by atoms with Gasteiger partial charge in [-0.3, -0.25) is 14.4 Å². The number of nitrogens with one attached hydrogen (secondary N) is 3. The minimum atomic E-state index is -1.16. The number of hydrogen-bond acceptors (Lipinski definition) is 7. The Morgan fingerprint density at radius 3 is 2.62 bits per heavy atom. The van der Waals surface area contributed by atoms with Gasteiger partial charge >= 0.3 is 5.97 Å². The second kappa shape index (κ2) is 12.9. The molecule has 0 radical (unpaired) electrons. The molecular weight excluding hydrogens is 498 g/mol. The molecule has 7 N–H and O–H groups in total. The number of carbonyl (C=O) groups excluding carboxylic acids is 3. The zero-order valence-corrected chi connectivity index (χ0v) is 21.8. The second-order valence-electron chi connectivity index (χ2n) is 9.26. The average molecular weight is 534 g/mol. The molecule has 2 aromatic rings. The first-order chi connectivity index (χ1) is 17.6. The molecule has 3 rings (SSSR count). The van der Waals surface area contributed by atoms with Crippen LogP contribution in [0.1, 0.15) is 31.7 Å². The first kappa shape index (κ1) is 28.5. The van der Waals surface area contributed by atoms with Crippen molar-refractivity contribution in [2.24, 2.45) is 5.73 Å². The highest BCUT2D eigenvalue weighted by atomic mass is 32.2. The van der Waals surface area contributed by atoms with Crippen LogP contribution in [0, 0.1) is 0 Å². The lowest BCUT2D eigenvalue weighted by molar-refractivity contribution is -0.143. The number of nitrogens with zero attached hydrogens (tertiary/aromatic N) is 1. The van der Waals surface area contributed by atoms with Crippen molar-refractivity contribution in [3.63, 3.8) is 0 Å². The zero-order chi connectivity index (χ0) is 27.1. The third-order valence-corrected chi connectivity index (χ3v) is 7.24. The third kappa shape index (κ3) is 7.02. The number of fused-ring (bicyclic) bond motifs is 1. The van der Waals surface area contributed by atoms with Crippen LogP contribution < -0.4 is 16.4 Å². The van der Waals surface area contributed by atoms with Crippen LogP contribution in [0.3, 0.4) is 0 Å². The topological polar surface area (TPSA) is 178 Å². The van der Waals surface area contributed by atoms with E-state index < -0.39 is 54.0 Å². The Morgan fingerprint density at radius 2 is 1.95 bits per heavy atom. The molecule has 0 aliphatic carbocycles. The number of aliphatic carboxylic acids is 1. The Bertz CT molecular complexity index is 1120. The third-order valence-electron chi connectivity index (χ3n) is 6.60. The van der Waals surface area contributed by atoms with E-state index in [1.807, 2.05) is 30.5 Å². The molecule has 11 nitrogen and oxygen atoms in total. The van der Waals surface area contributed by atoms with Crippen molar-refractivity contribution in [1.29, 1.82) is 0 Å². The van der Waals surface area contributed by atoms with E-state index in [9.17, 15) is 29.4 Å². The molecule has 37 heavy (non-hydrogen) atoms. The molecular formula is C25H35N5O6S. The van der Waals surface area contributed by atoms with Crippen LogP contribution in [0.25, 0.3) is 10.9 Å². The van der Waals surface area contributed by atoms with E-state index in [4.69, 9.17) is 5.73 Å². The normalized spacial score (nSPS) is 18.7. The van der Waals surface area contributed by atoms with Crippen molar-refractivity contribution >= 4 is 46.4 Å². The Hall–Kier alpha value is -3.09. The number of aliphatic hydroxyl groups excluding tert-OH is 1. The number of carboxylic acid groups (broad SMARTS) is 1. The summed E-state index contributed by atoms with van der Waals surface area (Å²) < 4.78 is 0. The van der Waals surface area contributed by atoms with Crippen LogP contribution in [-0.2, 0) is 25.6 Å². The van der Waals surface area contributed by atoms with Crippen molar-refractivity contribution in [3.8, 4) is 0 Å². The molecule has 202 valence electrons. The molecule has 5 unspecified atom stereocenters. The van der Waals surface area contributed by atoms with Crippen molar-refractivity contribution in [1.82, 2.24) is 20.5 Å². The zero-order valence-electron chi connectivity index (χ0n) is 21.0. The lowest BCUT2D eigenvalue weighted by Gasteiger charge is -2.29. The monoisotopic (exact) mass is 533 g/mol. The van der Waals surface area contributed by atoms with Crippen LogP contribution in [-0.4, -0.2) is 92.6 Å². The minimum Gasteiger partial charge on any atom is -0.480 e. The largest absolute Gasteiger partial charge is 0.480 e. The van der Waals surface area contributed by atoms with Gasteiger partial charge in [-0.1, -0.05) is 18.2 Å². The van der Waals surface area contributed by atoms with Crippen molar-refractivity contribution in [2.75, 3.05) is 18.6 Å². The second-order valence-corrected chi connectivity index (χ2v) is 10.2. The van der Waals surface area contributed by atoms with Crippen LogP contribution >= 0.6 is 11.8 Å². The number of para-hydroxylation sites is 1. The van der Waals surface area contributed by atoms with Gasteiger partial charge < -0.3 is 36.5 Å². The van der Waals surface area contributed by atoms with E-state index in [-0.39, 0.29) is 12.8 Å². The van der Waals surface area contributed by atoms with Gasteiger partial charge in [-0.15, -0.1) is 0 Å². The quantitative estimate of drug-likeness (QED) is 0.224. The van der Waals surface area contributed by atoms with Crippen molar-refractivity contribution in [2.45, 2.75) is 62.9 Å². The number of aromatic amines is 1. The lowest BCUT2D eigenvalue weighted by Crippen LogP contribution is -2.58. The number of aliphatic hydroxyl groups is 1. The Kier molecular flexibility index (Phi) is 9.95. The number of carboxylic acids is 1. The first-order valence-corrected chi connectivity index (χ1v) is 13.6. The summed E-state index contributed by atoms with van der Waals surface area (Å²) in [5, 5.41) is 25.5. The van der Waals surface area contributed by atoms with Crippen molar-refractivity contribution in [3.05, 3.63) is 36.0 Å².